The van der Waals surface area contributed by atoms with Crippen LogP contribution in [0.4, 0.5) is 0 Å². The number of ether oxygens (including phenoxy) is 14. The third kappa shape index (κ3) is 13.9. The lowest BCUT2D eigenvalue weighted by Crippen LogP contribution is -2.59. The van der Waals surface area contributed by atoms with Gasteiger partial charge < -0.3 is 107 Å². The summed E-state index contributed by atoms with van der Waals surface area (Å²) in [4.78, 5) is 53.2. The molecular weight excluding hydrogens is 1100 g/mol. The molecule has 0 aromatic heterocycles. The topological polar surface area (TPSA) is 359 Å². The maximum atomic E-state index is 15.1. The van der Waals surface area contributed by atoms with E-state index in [4.69, 9.17) is 66.3 Å². The Labute approximate surface area is 480 Å². The van der Waals surface area contributed by atoms with Crippen LogP contribution in [-0.2, 0) is 82.4 Å². The molecule has 0 amide bonds. The van der Waals surface area contributed by atoms with Crippen LogP contribution in [0, 0.1) is 12.8 Å². The minimum absolute atomic E-state index is 0.0251. The molecule has 0 radical (unpaired) electrons. The van der Waals surface area contributed by atoms with E-state index in [1.807, 2.05) is 0 Å². The smallest absolute Gasteiger partial charge is 0.303 e. The Hall–Kier alpha value is -4.30. The zero-order valence-corrected chi connectivity index (χ0v) is 48.7. The van der Waals surface area contributed by atoms with Crippen molar-refractivity contribution in [2.75, 3.05) is 14.2 Å². The number of aliphatic hydroxyl groups is 6. The van der Waals surface area contributed by atoms with Gasteiger partial charge in [-0.25, -0.2) is 0 Å². The fraction of sp³-hybridized carbons (Fsp3) is 0.754. The Morgan fingerprint density at radius 3 is 1.78 bits per heavy atom. The van der Waals surface area contributed by atoms with Crippen LogP contribution in [0.3, 0.4) is 0 Å². The maximum Gasteiger partial charge on any atom is 0.303 e. The van der Waals surface area contributed by atoms with E-state index in [-0.39, 0.29) is 71.7 Å². The molecule has 0 saturated carbocycles. The molecule has 466 valence electrons. The Morgan fingerprint density at radius 2 is 1.22 bits per heavy atom. The summed E-state index contributed by atoms with van der Waals surface area (Å²) in [7, 11) is 2.64. The van der Waals surface area contributed by atoms with Gasteiger partial charge in [0.05, 0.1) is 65.9 Å². The van der Waals surface area contributed by atoms with Crippen LogP contribution in [-0.4, -0.2) is 225 Å². The molecule has 26 heteroatoms. The van der Waals surface area contributed by atoms with Gasteiger partial charge in [-0.15, -0.1) is 0 Å². The number of esters is 2. The van der Waals surface area contributed by atoms with Crippen LogP contribution in [0.5, 0.6) is 17.2 Å². The molecule has 5 saturated heterocycles. The lowest BCUT2D eigenvalue weighted by Gasteiger charge is -2.46. The predicted molar refractivity (Wildman–Crippen MR) is 282 cm³/mol. The number of methoxy groups -OCH3 is 2. The quantitative estimate of drug-likeness (QED) is 0.0982. The second-order valence-electron chi connectivity index (χ2n) is 23.1. The van der Waals surface area contributed by atoms with Crippen LogP contribution in [0.15, 0.2) is 12.1 Å². The number of rotatable bonds is 18. The summed E-state index contributed by atoms with van der Waals surface area (Å²) in [5, 5.41) is 90.1. The molecule has 83 heavy (non-hydrogen) atoms. The van der Waals surface area contributed by atoms with Crippen molar-refractivity contribution in [2.45, 2.75) is 255 Å². The van der Waals surface area contributed by atoms with Gasteiger partial charge in [-0.05, 0) is 84.9 Å². The third-order valence-corrected chi connectivity index (χ3v) is 16.6. The molecule has 0 spiro atoms. The van der Waals surface area contributed by atoms with Gasteiger partial charge >= 0.3 is 11.9 Å². The lowest BCUT2D eigenvalue weighted by molar-refractivity contribution is -0.334. The van der Waals surface area contributed by atoms with Crippen molar-refractivity contribution < 1.29 is 126 Å². The molecule has 5 fully saturated rings. The summed E-state index contributed by atoms with van der Waals surface area (Å²) in [5.41, 5.74) is -1.51. The minimum Gasteiger partial charge on any atom is -0.507 e. The van der Waals surface area contributed by atoms with Gasteiger partial charge in [-0.2, -0.15) is 0 Å². The first-order valence-electron chi connectivity index (χ1n) is 28.2. The molecule has 1 unspecified atom stereocenters. The molecule has 26 nitrogen and oxygen atoms in total. The highest BCUT2D eigenvalue weighted by molar-refractivity contribution is 6.11. The summed E-state index contributed by atoms with van der Waals surface area (Å²) in [6.07, 6.45) is -25.9. The van der Waals surface area contributed by atoms with E-state index in [0.29, 0.717) is 0 Å². The van der Waals surface area contributed by atoms with Crippen molar-refractivity contribution in [3.05, 3.63) is 28.8 Å². The lowest BCUT2D eigenvalue weighted by atomic mass is 9.75. The van der Waals surface area contributed by atoms with Gasteiger partial charge in [-0.3, -0.25) is 19.2 Å². The molecule has 5 heterocycles. The fourth-order valence-electron chi connectivity index (χ4n) is 12.4. The highest BCUT2D eigenvalue weighted by atomic mass is 16.7. The maximum absolute atomic E-state index is 15.1. The summed E-state index contributed by atoms with van der Waals surface area (Å²) in [5.74, 6) is -5.32. The molecule has 25 atom stereocenters. The van der Waals surface area contributed by atoms with Crippen LogP contribution in [0.2, 0.25) is 0 Å². The molecule has 8 rings (SSSR count). The second kappa shape index (κ2) is 26.4. The van der Waals surface area contributed by atoms with Crippen molar-refractivity contribution in [3.63, 3.8) is 0 Å². The highest BCUT2D eigenvalue weighted by Gasteiger charge is 2.52. The van der Waals surface area contributed by atoms with Gasteiger partial charge in [0.15, 0.2) is 48.9 Å². The number of hydrogen-bond acceptors (Lipinski definition) is 26. The summed E-state index contributed by atoms with van der Waals surface area (Å²) in [6, 6.07) is 3.04. The number of ketones is 2. The first-order chi connectivity index (χ1) is 39.0. The zero-order valence-electron chi connectivity index (χ0n) is 48.7. The van der Waals surface area contributed by atoms with Gasteiger partial charge in [0, 0.05) is 71.7 Å². The molecule has 5 aliphatic heterocycles. The van der Waals surface area contributed by atoms with Crippen molar-refractivity contribution >= 4 is 34.3 Å². The number of fused-ring (bicyclic) bond motifs is 2. The molecule has 2 aromatic carbocycles. The number of Topliss-reactive ketones (excluding diaryl/α,β-unsaturated/α-hetero) is 2. The van der Waals surface area contributed by atoms with Gasteiger partial charge in [0.2, 0.25) is 6.29 Å². The summed E-state index contributed by atoms with van der Waals surface area (Å²) >= 11 is 0. The largest absolute Gasteiger partial charge is 0.507 e. The van der Waals surface area contributed by atoms with Crippen LogP contribution in [0.25, 0.3) is 10.8 Å². The number of aromatic hydroxyl groups is 2. The van der Waals surface area contributed by atoms with Gasteiger partial charge in [0.25, 0.3) is 0 Å². The Morgan fingerprint density at radius 1 is 0.687 bits per heavy atom. The first-order valence-corrected chi connectivity index (χ1v) is 28.2. The van der Waals surface area contributed by atoms with Crippen molar-refractivity contribution in [2.24, 2.45) is 5.92 Å². The van der Waals surface area contributed by atoms with Gasteiger partial charge in [0.1, 0.15) is 65.6 Å². The monoisotopic (exact) mass is 1180 g/mol. The number of carbonyl (C=O) groups is 4. The van der Waals surface area contributed by atoms with Crippen molar-refractivity contribution in [1.29, 1.82) is 0 Å². The molecule has 6 aliphatic rings. The Bertz CT molecular complexity index is 2620. The molecule has 0 bridgehead atoms. The zero-order chi connectivity index (χ0) is 60.8. The molecule has 8 N–H and O–H groups in total. The Kier molecular flexibility index (Phi) is 20.5. The van der Waals surface area contributed by atoms with Crippen LogP contribution < -0.4 is 4.74 Å². The molecule has 2 aromatic rings. The van der Waals surface area contributed by atoms with Crippen molar-refractivity contribution in [1.82, 2.24) is 0 Å². The molecular formula is C57H82O26. The Balaban J connectivity index is 1.04. The predicted octanol–water partition coefficient (Wildman–Crippen LogP) is 1.55. The summed E-state index contributed by atoms with van der Waals surface area (Å²) < 4.78 is 84.2. The summed E-state index contributed by atoms with van der Waals surface area (Å²) in [6.45, 7) is 14.8. The third-order valence-electron chi connectivity index (χ3n) is 16.6. The van der Waals surface area contributed by atoms with Crippen LogP contribution in [0.1, 0.15) is 116 Å². The minimum atomic E-state index is -1.96. The van der Waals surface area contributed by atoms with E-state index < -0.39 is 188 Å². The van der Waals surface area contributed by atoms with E-state index in [2.05, 4.69) is 0 Å². The number of phenols is 2. The number of carbonyl (C=O) groups excluding carboxylic acids is 4. The van der Waals surface area contributed by atoms with E-state index in [1.54, 1.807) is 27.7 Å². The SMILES string of the molecule is CO[C@@H]1[C@H](O)C[C@@H](OC2C[C@H](Oc3cc4cc5c(c(O)c4c(O)c3C)C(=O)[C@@H](O[C@H]3C[C@@H](O[C@H]4C[C@@H](O[C@H]6C[C@](C)(O)[C@@H](OC(C)=O)[C@H](C)O6)[C@H](O)[C@@H](C)O4)[C@H](O)[C@@H](C)O3)[C@H]([C@H](OC)C(=O)[C@@H](O)[C@@H](C)O)C5)O[C@H](C)[C@@H]2OC(C)=O)O[C@@H]1C. The number of phenolic OH excluding ortho intramolecular Hbond substituents is 2. The van der Waals surface area contributed by atoms with E-state index in [0.717, 1.165) is 0 Å². The standard InChI is InChI=1S/C57H82O26/c1-21-34(79-40-19-37(53(26(6)75-40)77-28(8)59)82-38-16-33(61)52(70-11)25(5)74-38)15-31-13-30-14-32(54(71-12)51(68)46(63)22(2)58)55(50(67)44(30)49(66)43(31)45(21)62)83-41-18-35(47(64)24(4)73-41)80-39-17-36(48(65)23(3)72-39)81-42-20-57(10,69)56(27(7)76-42)78-29(9)60/h13,15,22-27,32-33,35-42,46-48,52-56,58,61-66,69H,14,16-20H2,1-12H3/t22-,23-,24-,25-,26-,27+,32+,33-,35-,36-,37?,38-,39+,40+,41+,42+,46+,47-,48-,52+,53+,54+,55+,56+,57+/m1/s1. The highest BCUT2D eigenvalue weighted by Crippen LogP contribution is 2.48. The van der Waals surface area contributed by atoms with E-state index >= 15 is 4.79 Å². The number of hydrogen-bond donors (Lipinski definition) is 8. The van der Waals surface area contributed by atoms with Gasteiger partial charge in [-0.1, -0.05) is 0 Å². The second-order valence-corrected chi connectivity index (χ2v) is 23.1. The normalized spacial score (nSPS) is 39.7. The molecule has 1 aliphatic carbocycles. The average molecular weight is 1180 g/mol. The van der Waals surface area contributed by atoms with E-state index in [9.17, 15) is 55.2 Å². The van der Waals surface area contributed by atoms with Crippen LogP contribution >= 0.6 is 0 Å². The number of aliphatic hydroxyl groups excluding tert-OH is 5. The fourth-order valence-corrected chi connectivity index (χ4v) is 12.4. The number of benzene rings is 2. The van der Waals surface area contributed by atoms with E-state index in [1.165, 1.54) is 67.9 Å². The first kappa shape index (κ1) is 64.7. The van der Waals surface area contributed by atoms with Crippen molar-refractivity contribution in [3.8, 4) is 17.2 Å². The average Bonchev–Trinajstić information content (AvgIpc) is 3.47.